The zero-order valence-electron chi connectivity index (χ0n) is 10.2. The van der Waals surface area contributed by atoms with E-state index < -0.39 is 0 Å². The molecule has 0 aliphatic carbocycles. The summed E-state index contributed by atoms with van der Waals surface area (Å²) in [4.78, 5) is 2.59. The van der Waals surface area contributed by atoms with Crippen LogP contribution < -0.4 is 5.73 Å². The molecule has 2 unspecified atom stereocenters. The highest BCUT2D eigenvalue weighted by atomic mass is 15.2. The Labute approximate surface area is 88.8 Å². The lowest BCUT2D eigenvalue weighted by Gasteiger charge is -2.37. The lowest BCUT2D eigenvalue weighted by atomic mass is 9.94. The van der Waals surface area contributed by atoms with Gasteiger partial charge in [-0.2, -0.15) is 0 Å². The third-order valence-corrected chi connectivity index (χ3v) is 4.13. The molecule has 0 radical (unpaired) electrons. The fraction of sp³-hybridized carbons (Fsp3) is 1.00. The van der Waals surface area contributed by atoms with E-state index in [1.54, 1.807) is 0 Å². The van der Waals surface area contributed by atoms with E-state index in [2.05, 4.69) is 32.6 Å². The van der Waals surface area contributed by atoms with E-state index in [4.69, 9.17) is 5.73 Å². The molecule has 0 spiro atoms. The van der Waals surface area contributed by atoms with Gasteiger partial charge in [0.25, 0.3) is 0 Å². The lowest BCUT2D eigenvalue weighted by Crippen LogP contribution is -2.50. The Morgan fingerprint density at radius 2 is 2.14 bits per heavy atom. The van der Waals surface area contributed by atoms with Gasteiger partial charge in [-0.05, 0) is 38.1 Å². The Kier molecular flexibility index (Phi) is 3.96. The normalized spacial score (nSPS) is 28.3. The summed E-state index contributed by atoms with van der Waals surface area (Å²) in [7, 11) is 0. The zero-order valence-corrected chi connectivity index (χ0v) is 10.2. The Morgan fingerprint density at radius 3 is 2.50 bits per heavy atom. The van der Waals surface area contributed by atoms with Crippen LogP contribution in [0.25, 0.3) is 0 Å². The predicted molar refractivity (Wildman–Crippen MR) is 62.3 cm³/mol. The van der Waals surface area contributed by atoms with Gasteiger partial charge in [-0.1, -0.05) is 20.8 Å². The van der Waals surface area contributed by atoms with Crippen LogP contribution in [0.2, 0.25) is 0 Å². The van der Waals surface area contributed by atoms with Crippen LogP contribution in [0.5, 0.6) is 0 Å². The number of rotatable bonds is 4. The molecular formula is C12H26N2. The zero-order chi connectivity index (χ0) is 10.8. The number of likely N-dealkylation sites (tertiary alicyclic amines) is 1. The number of hydrogen-bond donors (Lipinski definition) is 1. The topological polar surface area (TPSA) is 29.3 Å². The molecule has 0 amide bonds. The van der Waals surface area contributed by atoms with Gasteiger partial charge < -0.3 is 5.73 Å². The molecule has 0 aromatic heterocycles. The van der Waals surface area contributed by atoms with Crippen molar-refractivity contribution in [1.82, 2.24) is 4.90 Å². The van der Waals surface area contributed by atoms with E-state index in [-0.39, 0.29) is 5.54 Å². The van der Waals surface area contributed by atoms with Crippen LogP contribution in [0.15, 0.2) is 0 Å². The molecule has 0 aromatic rings. The summed E-state index contributed by atoms with van der Waals surface area (Å²) in [6.45, 7) is 12.5. The van der Waals surface area contributed by atoms with Gasteiger partial charge in [-0.3, -0.25) is 4.90 Å². The summed E-state index contributed by atoms with van der Waals surface area (Å²) in [6.07, 6.45) is 2.52. The molecule has 1 heterocycles. The molecule has 1 fully saturated rings. The minimum atomic E-state index is 0.240. The molecule has 84 valence electrons. The van der Waals surface area contributed by atoms with Crippen molar-refractivity contribution in [2.75, 3.05) is 19.6 Å². The first kappa shape index (κ1) is 12.0. The van der Waals surface area contributed by atoms with Gasteiger partial charge in [0.1, 0.15) is 0 Å². The molecule has 1 rings (SSSR count). The summed E-state index contributed by atoms with van der Waals surface area (Å²) in [5.41, 5.74) is 6.12. The van der Waals surface area contributed by atoms with Crippen molar-refractivity contribution in [3.8, 4) is 0 Å². The van der Waals surface area contributed by atoms with Crippen molar-refractivity contribution in [3.63, 3.8) is 0 Å². The average molecular weight is 198 g/mol. The highest BCUT2D eigenvalue weighted by Crippen LogP contribution is 2.30. The standard InChI is InChI=1S/C12H26N2/c1-5-12(4,9-13)14-7-6-11(8-14)10(2)3/h10-11H,5-9,13H2,1-4H3. The maximum absolute atomic E-state index is 5.88. The SMILES string of the molecule is CCC(C)(CN)N1CCC(C(C)C)C1. The second kappa shape index (κ2) is 4.63. The highest BCUT2D eigenvalue weighted by molar-refractivity contribution is 4.91. The van der Waals surface area contributed by atoms with Gasteiger partial charge in [0.05, 0.1) is 0 Å². The van der Waals surface area contributed by atoms with Crippen LogP contribution in [-0.4, -0.2) is 30.1 Å². The molecule has 0 aromatic carbocycles. The van der Waals surface area contributed by atoms with Gasteiger partial charge in [0.15, 0.2) is 0 Å². The van der Waals surface area contributed by atoms with Crippen LogP contribution in [-0.2, 0) is 0 Å². The van der Waals surface area contributed by atoms with Crippen molar-refractivity contribution in [2.24, 2.45) is 17.6 Å². The Hall–Kier alpha value is -0.0800. The second-order valence-electron chi connectivity index (χ2n) is 5.29. The third kappa shape index (κ3) is 2.29. The van der Waals surface area contributed by atoms with Gasteiger partial charge >= 0.3 is 0 Å². The molecule has 1 aliphatic heterocycles. The van der Waals surface area contributed by atoms with Crippen molar-refractivity contribution in [1.29, 1.82) is 0 Å². The van der Waals surface area contributed by atoms with Gasteiger partial charge in [0, 0.05) is 18.6 Å². The van der Waals surface area contributed by atoms with Crippen LogP contribution in [0.3, 0.4) is 0 Å². The van der Waals surface area contributed by atoms with Gasteiger partial charge in [-0.25, -0.2) is 0 Å². The summed E-state index contributed by atoms with van der Waals surface area (Å²) in [6, 6.07) is 0. The number of nitrogens with two attached hydrogens (primary N) is 1. The molecule has 2 heteroatoms. The summed E-state index contributed by atoms with van der Waals surface area (Å²) < 4.78 is 0. The van der Waals surface area contributed by atoms with Gasteiger partial charge in [0.2, 0.25) is 0 Å². The van der Waals surface area contributed by atoms with Crippen molar-refractivity contribution in [2.45, 2.75) is 46.1 Å². The minimum absolute atomic E-state index is 0.240. The maximum Gasteiger partial charge on any atom is 0.0301 e. The van der Waals surface area contributed by atoms with E-state index in [1.807, 2.05) is 0 Å². The quantitative estimate of drug-likeness (QED) is 0.749. The molecule has 2 nitrogen and oxygen atoms in total. The van der Waals surface area contributed by atoms with Crippen molar-refractivity contribution >= 4 is 0 Å². The monoisotopic (exact) mass is 198 g/mol. The van der Waals surface area contributed by atoms with E-state index in [1.165, 1.54) is 19.5 Å². The number of hydrogen-bond acceptors (Lipinski definition) is 2. The fourth-order valence-corrected chi connectivity index (χ4v) is 2.32. The molecule has 0 bridgehead atoms. The van der Waals surface area contributed by atoms with Crippen molar-refractivity contribution < 1.29 is 0 Å². The van der Waals surface area contributed by atoms with E-state index in [9.17, 15) is 0 Å². The van der Waals surface area contributed by atoms with Crippen molar-refractivity contribution in [3.05, 3.63) is 0 Å². The number of nitrogens with zero attached hydrogens (tertiary/aromatic N) is 1. The third-order valence-electron chi connectivity index (χ3n) is 4.13. The van der Waals surface area contributed by atoms with Crippen LogP contribution >= 0.6 is 0 Å². The van der Waals surface area contributed by atoms with Crippen LogP contribution in [0.4, 0.5) is 0 Å². The highest BCUT2D eigenvalue weighted by Gasteiger charge is 2.35. The fourth-order valence-electron chi connectivity index (χ4n) is 2.32. The van der Waals surface area contributed by atoms with E-state index in [0.717, 1.165) is 24.8 Å². The molecule has 14 heavy (non-hydrogen) atoms. The summed E-state index contributed by atoms with van der Waals surface area (Å²) in [5.74, 6) is 1.70. The Balaban J connectivity index is 2.56. The van der Waals surface area contributed by atoms with Crippen LogP contribution in [0.1, 0.15) is 40.5 Å². The molecule has 2 atom stereocenters. The lowest BCUT2D eigenvalue weighted by molar-refractivity contribution is 0.129. The molecule has 1 aliphatic rings. The van der Waals surface area contributed by atoms with Crippen LogP contribution in [0, 0.1) is 11.8 Å². The average Bonchev–Trinajstić information content (AvgIpc) is 2.66. The first-order valence-electron chi connectivity index (χ1n) is 5.98. The smallest absolute Gasteiger partial charge is 0.0301 e. The first-order chi connectivity index (χ1) is 6.53. The molecular weight excluding hydrogens is 172 g/mol. The maximum atomic E-state index is 5.88. The summed E-state index contributed by atoms with van der Waals surface area (Å²) >= 11 is 0. The minimum Gasteiger partial charge on any atom is -0.329 e. The molecule has 0 saturated carbocycles. The molecule has 2 N–H and O–H groups in total. The molecule has 1 saturated heterocycles. The first-order valence-corrected chi connectivity index (χ1v) is 5.98. The van der Waals surface area contributed by atoms with E-state index in [0.29, 0.717) is 0 Å². The van der Waals surface area contributed by atoms with E-state index >= 15 is 0 Å². The van der Waals surface area contributed by atoms with Gasteiger partial charge in [-0.15, -0.1) is 0 Å². The Morgan fingerprint density at radius 1 is 1.50 bits per heavy atom. The predicted octanol–water partition coefficient (Wildman–Crippen LogP) is 2.09. The second-order valence-corrected chi connectivity index (χ2v) is 5.29. The largest absolute Gasteiger partial charge is 0.329 e. The Bertz CT molecular complexity index is 173. The summed E-state index contributed by atoms with van der Waals surface area (Å²) in [5, 5.41) is 0.